The zero-order chi connectivity index (χ0) is 65.7. The molecular formula is C72H86BF3N8NaO7S. The molecule has 4 aliphatic heterocycles. The Kier molecular flexibility index (Phi) is 26.6. The summed E-state index contributed by atoms with van der Waals surface area (Å²) in [5, 5.41) is 16.8. The molecule has 0 aliphatic carbocycles. The predicted octanol–water partition coefficient (Wildman–Crippen LogP) is 13.6. The Bertz CT molecular complexity index is 4050. The molecule has 3 radical (unpaired) electrons. The number of hydrogen-bond donors (Lipinski definition) is 2. The van der Waals surface area contributed by atoms with Gasteiger partial charge in [0.15, 0.2) is 0 Å². The molecule has 0 spiro atoms. The zero-order valence-electron chi connectivity index (χ0n) is 56.5. The minimum atomic E-state index is -5.84. The van der Waals surface area contributed by atoms with Crippen LogP contribution in [0, 0.1) is 30.6 Å². The van der Waals surface area contributed by atoms with E-state index in [0.29, 0.717) is 18.5 Å². The van der Waals surface area contributed by atoms with Gasteiger partial charge in [-0.1, -0.05) is 100 Å². The van der Waals surface area contributed by atoms with Crippen molar-refractivity contribution in [3.8, 4) is 0 Å². The van der Waals surface area contributed by atoms with Crippen LogP contribution in [0.1, 0.15) is 131 Å². The first-order valence-corrected chi connectivity index (χ1v) is 32.4. The van der Waals surface area contributed by atoms with E-state index in [2.05, 4.69) is 147 Å². The number of nitrogens with zero attached hydrogens (tertiary/aromatic N) is 6. The van der Waals surface area contributed by atoms with Gasteiger partial charge in [0, 0.05) is 111 Å². The summed E-state index contributed by atoms with van der Waals surface area (Å²) >= 11 is 0. The maximum absolute atomic E-state index is 12.7. The van der Waals surface area contributed by atoms with E-state index in [1.54, 1.807) is 38.8 Å². The molecule has 8 aromatic rings. The van der Waals surface area contributed by atoms with Crippen molar-refractivity contribution >= 4 is 85.2 Å². The van der Waals surface area contributed by atoms with E-state index in [9.17, 15) is 31.2 Å². The van der Waals surface area contributed by atoms with Gasteiger partial charge >= 0.3 is 57.4 Å². The standard InChI is InChI=1S/C20H24N2O2.C15H18N2.C15H16N2.C12H18F3NO5S.C10H9N.B.Na.H/c1-14-5-8-18(22(13-14)19(23)24-20(2,3)4)16-6-7-17-12-21-10-9-15(17)11-16;2*1-11-2-5-15(17-9-11)13-3-4-14-10-16-7-6-12(14)8-13;1-8-5-6-9(21-22(18,19)12(13,14)15)16(7-8)10(17)20-11(2,3)4;1-8-2-3-10-7-11-5-4-9(10)6-8;;;/h6-12,14H,5,13H2,1-4H3;3-4,6-8,10-11,15,17H,2,5,9H2,1H3;3-8,10-11,17H,2,9H2,1H3;6,8H,5,7H2,1-4H3;2-7H,1H3;;;/q;;;;;;+1;-1. The molecule has 4 aromatic carbocycles. The summed E-state index contributed by atoms with van der Waals surface area (Å²) in [6.07, 6.45) is 24.2. The molecule has 4 aliphatic rings. The third-order valence-electron chi connectivity index (χ3n) is 15.4. The molecule has 4 aromatic heterocycles. The van der Waals surface area contributed by atoms with Crippen molar-refractivity contribution in [3.63, 3.8) is 0 Å². The van der Waals surface area contributed by atoms with Crippen molar-refractivity contribution in [1.82, 2.24) is 40.4 Å². The molecular weight excluding hydrogens is 1210 g/mol. The van der Waals surface area contributed by atoms with Crippen molar-refractivity contribution in [3.05, 3.63) is 193 Å². The van der Waals surface area contributed by atoms with Gasteiger partial charge in [0.1, 0.15) is 11.2 Å². The number of carbonyl (C=O) groups excluding carboxylic acids is 2. The SMILES string of the molecule is CC1CC=C(OS(=O)(=O)C(F)(F)F)N(C(=O)OC(C)(C)C)C1.CC1CC=C(c2ccc3cnccc3c2)N(C(=O)OC(C)(C)C)C1.CC1CC=C(c2ccc3cnccc3c2)NC1.CC1CCC(c2ccc3cnccc3c2)NC1.Cc1ccc2cnccc2c1.[B].[H-].[Na+]. The van der Waals surface area contributed by atoms with Gasteiger partial charge in [0.05, 0.1) is 5.70 Å². The van der Waals surface area contributed by atoms with Crippen LogP contribution in [0.2, 0.25) is 0 Å². The molecule has 1 saturated heterocycles. The second-order valence-electron chi connectivity index (χ2n) is 26.0. The normalized spacial score (nSPS) is 19.0. The van der Waals surface area contributed by atoms with Gasteiger partial charge in [-0.05, 0) is 198 Å². The Hall–Kier alpha value is -7.36. The van der Waals surface area contributed by atoms with Crippen LogP contribution in [-0.4, -0.2) is 102 Å². The Morgan fingerprint density at radius 1 is 0.548 bits per heavy atom. The van der Waals surface area contributed by atoms with Crippen molar-refractivity contribution in [1.29, 1.82) is 0 Å². The third-order valence-corrected chi connectivity index (χ3v) is 16.4. The molecule has 15 nitrogen and oxygen atoms in total. The van der Waals surface area contributed by atoms with E-state index >= 15 is 0 Å². The molecule has 5 unspecified atom stereocenters. The number of halogens is 3. The summed E-state index contributed by atoms with van der Waals surface area (Å²) in [6.45, 7) is 23.9. The van der Waals surface area contributed by atoms with Crippen molar-refractivity contribution in [2.24, 2.45) is 23.7 Å². The van der Waals surface area contributed by atoms with Crippen LogP contribution in [0.25, 0.3) is 54.5 Å². The number of piperidine rings is 1. The zero-order valence-corrected chi connectivity index (χ0v) is 58.3. The first-order valence-electron chi connectivity index (χ1n) is 31.0. The summed E-state index contributed by atoms with van der Waals surface area (Å²) < 4.78 is 74.1. The molecule has 2 N–H and O–H groups in total. The second kappa shape index (κ2) is 33.2. The number of hydrogen-bond acceptors (Lipinski definition) is 13. The van der Waals surface area contributed by atoms with Crippen molar-refractivity contribution in [2.45, 2.75) is 131 Å². The van der Waals surface area contributed by atoms with Crippen LogP contribution in [-0.2, 0) is 23.8 Å². The van der Waals surface area contributed by atoms with Crippen molar-refractivity contribution in [2.75, 3.05) is 26.2 Å². The molecule has 93 heavy (non-hydrogen) atoms. The smallest absolute Gasteiger partial charge is 1.00 e. The fourth-order valence-corrected chi connectivity index (χ4v) is 11.0. The Balaban J connectivity index is 0.000000215. The van der Waals surface area contributed by atoms with Gasteiger partial charge in [-0.3, -0.25) is 24.8 Å². The molecule has 8 heterocycles. The summed E-state index contributed by atoms with van der Waals surface area (Å²) in [5.41, 5.74) is 0.254. The molecule has 0 saturated carbocycles. The first-order chi connectivity index (χ1) is 43.1. The average molecular weight is 1300 g/mol. The minimum Gasteiger partial charge on any atom is -1.00 e. The van der Waals surface area contributed by atoms with Crippen LogP contribution >= 0.6 is 0 Å². The summed E-state index contributed by atoms with van der Waals surface area (Å²) in [7, 11) is -5.84. The number of carbonyl (C=O) groups is 2. The first kappa shape index (κ1) is 74.7. The van der Waals surface area contributed by atoms with E-state index in [1.807, 2.05) is 88.4 Å². The van der Waals surface area contributed by atoms with Gasteiger partial charge in [0.25, 0.3) is 0 Å². The monoisotopic (exact) mass is 1300 g/mol. The number of alkyl halides is 3. The van der Waals surface area contributed by atoms with E-state index < -0.39 is 38.8 Å². The minimum absolute atomic E-state index is 0. The number of rotatable bonds is 5. The summed E-state index contributed by atoms with van der Waals surface area (Å²) in [6, 6.07) is 34.5. The number of allylic oxidation sites excluding steroid dienone is 3. The largest absolute Gasteiger partial charge is 1.00 e. The number of fused-ring (bicyclic) bond motifs is 4. The maximum atomic E-state index is 12.7. The predicted molar refractivity (Wildman–Crippen MR) is 363 cm³/mol. The van der Waals surface area contributed by atoms with Crippen molar-refractivity contribution < 1.29 is 75.8 Å². The molecule has 2 amide bonds. The summed E-state index contributed by atoms with van der Waals surface area (Å²) in [5.74, 6) is 1.21. The van der Waals surface area contributed by atoms with Gasteiger partial charge < -0.3 is 25.7 Å². The molecule has 1 fully saturated rings. The fourth-order valence-electron chi connectivity index (χ4n) is 10.6. The van der Waals surface area contributed by atoms with Gasteiger partial charge in [-0.2, -0.15) is 21.6 Å². The van der Waals surface area contributed by atoms with Gasteiger partial charge in [-0.25, -0.2) is 14.5 Å². The van der Waals surface area contributed by atoms with Crippen LogP contribution in [0.5, 0.6) is 0 Å². The molecule has 487 valence electrons. The molecule has 5 atom stereocenters. The van der Waals surface area contributed by atoms with E-state index in [-0.39, 0.29) is 64.4 Å². The molecule has 12 rings (SSSR count). The van der Waals surface area contributed by atoms with Crippen LogP contribution in [0.3, 0.4) is 0 Å². The molecule has 0 bridgehead atoms. The number of ether oxygens (including phenoxy) is 2. The Labute approximate surface area is 571 Å². The fraction of sp³-hybridized carbons (Fsp3) is 0.389. The van der Waals surface area contributed by atoms with Gasteiger partial charge in [-0.15, -0.1) is 0 Å². The number of aryl methyl sites for hydroxylation is 1. The van der Waals surface area contributed by atoms with E-state index in [4.69, 9.17) is 9.47 Å². The Morgan fingerprint density at radius 3 is 1.52 bits per heavy atom. The van der Waals surface area contributed by atoms with E-state index in [0.717, 1.165) is 70.8 Å². The number of aromatic nitrogens is 4. The number of pyridine rings is 4. The quantitative estimate of drug-likeness (QED) is 0.0946. The van der Waals surface area contributed by atoms with E-state index in [1.165, 1.54) is 67.5 Å². The van der Waals surface area contributed by atoms with Crippen LogP contribution in [0.4, 0.5) is 22.8 Å². The maximum Gasteiger partial charge on any atom is 1.00 e. The average Bonchev–Trinajstić information content (AvgIpc) is 0.835. The number of nitrogens with one attached hydrogen (secondary N) is 2. The van der Waals surface area contributed by atoms with Gasteiger partial charge in [0.2, 0.25) is 5.88 Å². The molecule has 21 heteroatoms. The third kappa shape index (κ3) is 21.9. The Morgan fingerprint density at radius 2 is 1.01 bits per heavy atom. The van der Waals surface area contributed by atoms with Crippen LogP contribution in [0.15, 0.2) is 171 Å². The second-order valence-corrected chi connectivity index (χ2v) is 27.6. The topological polar surface area (TPSA) is 178 Å². The number of benzene rings is 4. The van der Waals surface area contributed by atoms with Crippen LogP contribution < -0.4 is 40.2 Å². The number of amides is 2. The summed E-state index contributed by atoms with van der Waals surface area (Å²) in [4.78, 5) is 43.7.